The highest BCUT2D eigenvalue weighted by Gasteiger charge is 2.07. The molecule has 0 aliphatic carbocycles. The summed E-state index contributed by atoms with van der Waals surface area (Å²) in [5, 5.41) is 4.72. The Morgan fingerprint density at radius 1 is 1.38 bits per heavy atom. The molecule has 2 heterocycles. The maximum Gasteiger partial charge on any atom is 0.293 e. The Bertz CT molecular complexity index is 586. The number of thiazole rings is 1. The molecule has 0 aliphatic rings. The predicted molar refractivity (Wildman–Crippen MR) is 61.5 cm³/mol. The number of furan rings is 1. The van der Waals surface area contributed by atoms with Crippen molar-refractivity contribution in [2.75, 3.05) is 0 Å². The highest BCUT2D eigenvalue weighted by Crippen LogP contribution is 2.27. The molecule has 0 amide bonds. The quantitative estimate of drug-likeness (QED) is 0.692. The van der Waals surface area contributed by atoms with E-state index in [1.807, 2.05) is 29.6 Å². The fourth-order valence-corrected chi connectivity index (χ4v) is 1.99. The van der Waals surface area contributed by atoms with Crippen molar-refractivity contribution in [2.45, 2.75) is 6.61 Å². The Labute approximate surface area is 96.3 Å². The topological polar surface area (TPSA) is 35.3 Å². The monoisotopic (exact) mass is 230 g/mol. The highest BCUT2D eigenvalue weighted by atomic mass is 32.1. The minimum atomic E-state index is 0.434. The van der Waals surface area contributed by atoms with Crippen molar-refractivity contribution in [3.63, 3.8) is 0 Å². The fraction of sp³-hybridized carbons (Fsp3) is 0.0833. The third-order valence-corrected chi connectivity index (χ3v) is 2.96. The van der Waals surface area contributed by atoms with Crippen LogP contribution in [0.5, 0.6) is 5.95 Å². The first-order valence-electron chi connectivity index (χ1n) is 4.84. The van der Waals surface area contributed by atoms with Crippen LogP contribution in [0.25, 0.3) is 10.8 Å². The van der Waals surface area contributed by atoms with Crippen LogP contribution in [-0.4, -0.2) is 4.98 Å². The molecule has 0 saturated carbocycles. The van der Waals surface area contributed by atoms with Crippen LogP contribution in [-0.2, 0) is 6.61 Å². The van der Waals surface area contributed by atoms with Gasteiger partial charge in [0.15, 0.2) is 6.26 Å². The van der Waals surface area contributed by atoms with E-state index in [2.05, 4.69) is 11.2 Å². The van der Waals surface area contributed by atoms with Crippen LogP contribution in [0, 0.1) is 6.26 Å². The van der Waals surface area contributed by atoms with Crippen molar-refractivity contribution < 1.29 is 9.15 Å². The third kappa shape index (κ3) is 1.67. The van der Waals surface area contributed by atoms with Gasteiger partial charge >= 0.3 is 0 Å². The number of ether oxygens (including phenoxy) is 1. The molecule has 0 N–H and O–H groups in total. The Morgan fingerprint density at radius 3 is 3.19 bits per heavy atom. The van der Waals surface area contributed by atoms with Gasteiger partial charge in [-0.25, -0.2) is 4.98 Å². The Morgan fingerprint density at radius 2 is 2.31 bits per heavy atom. The molecule has 0 atom stereocenters. The molecule has 2 aromatic heterocycles. The lowest BCUT2D eigenvalue weighted by Crippen LogP contribution is -1.93. The van der Waals surface area contributed by atoms with Crippen molar-refractivity contribution in [3.05, 3.63) is 47.1 Å². The van der Waals surface area contributed by atoms with Gasteiger partial charge in [0, 0.05) is 17.0 Å². The standard InChI is InChI=1S/C12H8NO2S/c1-2-4-10-9(3-1)7-14-12(10)15-8-11-13-5-6-16-11/h1-6H,8H2. The summed E-state index contributed by atoms with van der Waals surface area (Å²) in [4.78, 5) is 4.14. The molecule has 79 valence electrons. The lowest BCUT2D eigenvalue weighted by molar-refractivity contribution is 0.235. The van der Waals surface area contributed by atoms with Crippen LogP contribution in [0.3, 0.4) is 0 Å². The summed E-state index contributed by atoms with van der Waals surface area (Å²) < 4.78 is 10.8. The second-order valence-electron chi connectivity index (χ2n) is 3.25. The van der Waals surface area contributed by atoms with Crippen LogP contribution in [0.2, 0.25) is 0 Å². The molecule has 0 saturated heterocycles. The van der Waals surface area contributed by atoms with Gasteiger partial charge in [-0.05, 0) is 6.07 Å². The molecule has 0 unspecified atom stereocenters. The van der Waals surface area contributed by atoms with Crippen LogP contribution in [0.15, 0.2) is 40.3 Å². The zero-order valence-electron chi connectivity index (χ0n) is 8.34. The summed E-state index contributed by atoms with van der Waals surface area (Å²) >= 11 is 1.56. The van der Waals surface area contributed by atoms with Gasteiger partial charge in [-0.3, -0.25) is 0 Å². The molecule has 1 aromatic carbocycles. The molecule has 3 nitrogen and oxygen atoms in total. The van der Waals surface area contributed by atoms with Crippen molar-refractivity contribution >= 4 is 22.1 Å². The molecule has 1 radical (unpaired) electrons. The van der Waals surface area contributed by atoms with E-state index in [9.17, 15) is 0 Å². The van der Waals surface area contributed by atoms with Crippen molar-refractivity contribution in [3.8, 4) is 5.95 Å². The number of fused-ring (bicyclic) bond motifs is 1. The second-order valence-corrected chi connectivity index (χ2v) is 4.23. The van der Waals surface area contributed by atoms with Gasteiger partial charge in [-0.1, -0.05) is 18.2 Å². The third-order valence-electron chi connectivity index (χ3n) is 2.21. The largest absolute Gasteiger partial charge is 0.457 e. The van der Waals surface area contributed by atoms with E-state index in [0.717, 1.165) is 15.8 Å². The van der Waals surface area contributed by atoms with Gasteiger partial charge in [-0.15, -0.1) is 11.3 Å². The Hall–Kier alpha value is -1.81. The highest BCUT2D eigenvalue weighted by molar-refractivity contribution is 7.09. The van der Waals surface area contributed by atoms with E-state index in [1.165, 1.54) is 0 Å². The Kier molecular flexibility index (Phi) is 2.34. The smallest absolute Gasteiger partial charge is 0.293 e. The van der Waals surface area contributed by atoms with Crippen molar-refractivity contribution in [1.29, 1.82) is 0 Å². The first-order chi connectivity index (χ1) is 7.93. The molecule has 0 spiro atoms. The van der Waals surface area contributed by atoms with Crippen molar-refractivity contribution in [1.82, 2.24) is 4.98 Å². The molecule has 0 bridgehead atoms. The molecule has 4 heteroatoms. The number of aromatic nitrogens is 1. The lowest BCUT2D eigenvalue weighted by Gasteiger charge is -1.99. The van der Waals surface area contributed by atoms with Gasteiger partial charge in [0.1, 0.15) is 11.6 Å². The number of nitrogens with zero attached hydrogens (tertiary/aromatic N) is 1. The number of benzene rings is 1. The predicted octanol–water partition coefficient (Wildman–Crippen LogP) is 3.27. The Balaban J connectivity index is 1.84. The normalized spacial score (nSPS) is 10.8. The zero-order chi connectivity index (χ0) is 10.8. The molecule has 3 rings (SSSR count). The van der Waals surface area contributed by atoms with Crippen molar-refractivity contribution in [2.24, 2.45) is 0 Å². The summed E-state index contributed by atoms with van der Waals surface area (Å²) in [5.41, 5.74) is 0. The van der Waals surface area contributed by atoms with E-state index in [4.69, 9.17) is 9.15 Å². The zero-order valence-corrected chi connectivity index (χ0v) is 9.16. The molecule has 3 aromatic rings. The van der Waals surface area contributed by atoms with E-state index >= 15 is 0 Å². The minimum absolute atomic E-state index is 0.434. The average molecular weight is 230 g/mol. The van der Waals surface area contributed by atoms with Gasteiger partial charge in [0.25, 0.3) is 5.95 Å². The van der Waals surface area contributed by atoms with Crippen LogP contribution in [0.4, 0.5) is 0 Å². The van der Waals surface area contributed by atoms with E-state index in [1.54, 1.807) is 17.5 Å². The maximum absolute atomic E-state index is 5.55. The van der Waals surface area contributed by atoms with Gasteiger partial charge in [0.2, 0.25) is 0 Å². The molecule has 16 heavy (non-hydrogen) atoms. The molecule has 0 fully saturated rings. The van der Waals surface area contributed by atoms with Crippen LogP contribution < -0.4 is 4.74 Å². The summed E-state index contributed by atoms with van der Waals surface area (Å²) in [6.45, 7) is 0.434. The summed E-state index contributed by atoms with van der Waals surface area (Å²) in [5.74, 6) is 0.505. The average Bonchev–Trinajstić information content (AvgIpc) is 2.96. The lowest BCUT2D eigenvalue weighted by atomic mass is 10.2. The number of hydrogen-bond donors (Lipinski definition) is 0. The SMILES string of the molecule is [c]1oc(OCc2nccs2)c2ccccc12. The fourth-order valence-electron chi connectivity index (χ4n) is 1.47. The summed E-state index contributed by atoms with van der Waals surface area (Å²) in [6, 6.07) is 7.78. The number of hydrogen-bond acceptors (Lipinski definition) is 4. The van der Waals surface area contributed by atoms with Gasteiger partial charge in [-0.2, -0.15) is 0 Å². The van der Waals surface area contributed by atoms with Crippen LogP contribution in [0.1, 0.15) is 5.01 Å². The van der Waals surface area contributed by atoms with Gasteiger partial charge < -0.3 is 9.15 Å². The van der Waals surface area contributed by atoms with Crippen LogP contribution >= 0.6 is 11.3 Å². The van der Waals surface area contributed by atoms with E-state index in [-0.39, 0.29) is 0 Å². The molecular formula is C12H8NO2S. The summed E-state index contributed by atoms with van der Waals surface area (Å²) in [7, 11) is 0. The van der Waals surface area contributed by atoms with Gasteiger partial charge in [0.05, 0.1) is 5.39 Å². The number of rotatable bonds is 3. The van der Waals surface area contributed by atoms with E-state index < -0.39 is 0 Å². The first kappa shape index (κ1) is 9.42. The molecule has 0 aliphatic heterocycles. The molecular weight excluding hydrogens is 222 g/mol. The minimum Gasteiger partial charge on any atom is -0.457 e. The first-order valence-corrected chi connectivity index (χ1v) is 5.72. The van der Waals surface area contributed by atoms with E-state index in [0.29, 0.717) is 12.6 Å². The summed E-state index contributed by atoms with van der Waals surface area (Å²) in [6.07, 6.45) is 4.56. The maximum atomic E-state index is 5.55. The second kappa shape index (κ2) is 3.98.